The number of hydrogen-bond donors (Lipinski definition) is 1. The molecule has 1 unspecified atom stereocenters. The van der Waals surface area contributed by atoms with Gasteiger partial charge in [-0.05, 0) is 37.8 Å². The molecule has 0 aliphatic heterocycles. The number of nitrogens with zero attached hydrogens (tertiary/aromatic N) is 2. The Balaban J connectivity index is 1.87. The zero-order valence-corrected chi connectivity index (χ0v) is 11.7. The van der Waals surface area contributed by atoms with Crippen molar-refractivity contribution in [1.29, 1.82) is 0 Å². The lowest BCUT2D eigenvalue weighted by Crippen LogP contribution is -2.31. The quantitative estimate of drug-likeness (QED) is 0.914. The SMILES string of the molecule is CCn1c(CC(N)C2CCCC2)nc2ccccc21. The molecule has 1 atom stereocenters. The van der Waals surface area contributed by atoms with Gasteiger partial charge in [0, 0.05) is 19.0 Å². The maximum atomic E-state index is 6.40. The number of aryl methyl sites for hydroxylation is 1. The van der Waals surface area contributed by atoms with Crippen molar-refractivity contribution in [3.63, 3.8) is 0 Å². The fraction of sp³-hybridized carbons (Fsp3) is 0.562. The Kier molecular flexibility index (Phi) is 3.56. The Morgan fingerprint density at radius 2 is 2.05 bits per heavy atom. The van der Waals surface area contributed by atoms with Crippen LogP contribution in [0, 0.1) is 5.92 Å². The molecule has 1 heterocycles. The number of aromatic nitrogens is 2. The Morgan fingerprint density at radius 3 is 2.79 bits per heavy atom. The minimum absolute atomic E-state index is 0.268. The van der Waals surface area contributed by atoms with Crippen LogP contribution in [0.1, 0.15) is 38.4 Å². The summed E-state index contributed by atoms with van der Waals surface area (Å²) in [5.41, 5.74) is 8.73. The fourth-order valence-corrected chi connectivity index (χ4v) is 3.40. The van der Waals surface area contributed by atoms with Crippen LogP contribution in [0.25, 0.3) is 11.0 Å². The Labute approximate surface area is 114 Å². The summed E-state index contributed by atoms with van der Waals surface area (Å²) in [5, 5.41) is 0. The average molecular weight is 257 g/mol. The van der Waals surface area contributed by atoms with Gasteiger partial charge in [0.05, 0.1) is 11.0 Å². The second kappa shape index (κ2) is 5.33. The zero-order chi connectivity index (χ0) is 13.2. The van der Waals surface area contributed by atoms with E-state index >= 15 is 0 Å². The molecule has 1 aromatic heterocycles. The van der Waals surface area contributed by atoms with E-state index in [4.69, 9.17) is 10.7 Å². The van der Waals surface area contributed by atoms with Crippen LogP contribution in [0.5, 0.6) is 0 Å². The van der Waals surface area contributed by atoms with E-state index in [1.807, 2.05) is 0 Å². The Bertz CT molecular complexity index is 552. The van der Waals surface area contributed by atoms with Crippen LogP contribution in [-0.4, -0.2) is 15.6 Å². The molecule has 1 saturated carbocycles. The maximum Gasteiger partial charge on any atom is 0.111 e. The molecular weight excluding hydrogens is 234 g/mol. The summed E-state index contributed by atoms with van der Waals surface area (Å²) >= 11 is 0. The molecule has 0 radical (unpaired) electrons. The standard InChI is InChI=1S/C16H23N3/c1-2-19-15-10-6-5-9-14(15)18-16(19)11-13(17)12-7-3-4-8-12/h5-6,9-10,12-13H,2-4,7-8,11,17H2,1H3. The van der Waals surface area contributed by atoms with E-state index in [9.17, 15) is 0 Å². The van der Waals surface area contributed by atoms with Gasteiger partial charge in [0.1, 0.15) is 5.82 Å². The normalized spacial score (nSPS) is 18.2. The highest BCUT2D eigenvalue weighted by Gasteiger charge is 2.23. The number of rotatable bonds is 4. The predicted octanol–water partition coefficient (Wildman–Crippen LogP) is 3.12. The summed E-state index contributed by atoms with van der Waals surface area (Å²) in [6.45, 7) is 3.14. The molecule has 0 bridgehead atoms. The number of fused-ring (bicyclic) bond motifs is 1. The number of hydrogen-bond acceptors (Lipinski definition) is 2. The molecular formula is C16H23N3. The van der Waals surface area contributed by atoms with E-state index in [1.165, 1.54) is 31.2 Å². The second-order valence-corrected chi connectivity index (χ2v) is 5.67. The van der Waals surface area contributed by atoms with Gasteiger partial charge in [-0.15, -0.1) is 0 Å². The minimum atomic E-state index is 0.268. The summed E-state index contributed by atoms with van der Waals surface area (Å²) in [4.78, 5) is 4.78. The van der Waals surface area contributed by atoms with E-state index < -0.39 is 0 Å². The third-order valence-electron chi connectivity index (χ3n) is 4.47. The van der Waals surface area contributed by atoms with E-state index in [1.54, 1.807) is 0 Å². The first-order valence-electron chi connectivity index (χ1n) is 7.49. The van der Waals surface area contributed by atoms with Gasteiger partial charge in [0.2, 0.25) is 0 Å². The molecule has 102 valence electrons. The van der Waals surface area contributed by atoms with Gasteiger partial charge >= 0.3 is 0 Å². The summed E-state index contributed by atoms with van der Waals surface area (Å²) < 4.78 is 2.31. The molecule has 1 aliphatic carbocycles. The van der Waals surface area contributed by atoms with Crippen molar-refractivity contribution in [1.82, 2.24) is 9.55 Å². The molecule has 1 aromatic carbocycles. The van der Waals surface area contributed by atoms with E-state index in [2.05, 4.69) is 35.8 Å². The van der Waals surface area contributed by atoms with Crippen LogP contribution in [0.4, 0.5) is 0 Å². The maximum absolute atomic E-state index is 6.40. The van der Waals surface area contributed by atoms with Gasteiger partial charge in [0.25, 0.3) is 0 Å². The Hall–Kier alpha value is -1.35. The van der Waals surface area contributed by atoms with Crippen LogP contribution in [0.15, 0.2) is 24.3 Å². The van der Waals surface area contributed by atoms with E-state index in [0.29, 0.717) is 5.92 Å². The van der Waals surface area contributed by atoms with E-state index in [0.717, 1.165) is 24.3 Å². The second-order valence-electron chi connectivity index (χ2n) is 5.67. The monoisotopic (exact) mass is 257 g/mol. The number of para-hydroxylation sites is 2. The molecule has 2 N–H and O–H groups in total. The largest absolute Gasteiger partial charge is 0.328 e. The predicted molar refractivity (Wildman–Crippen MR) is 79.0 cm³/mol. The third-order valence-corrected chi connectivity index (χ3v) is 4.47. The van der Waals surface area contributed by atoms with Gasteiger partial charge in [0.15, 0.2) is 0 Å². The lowest BCUT2D eigenvalue weighted by Gasteiger charge is -2.18. The van der Waals surface area contributed by atoms with Gasteiger partial charge < -0.3 is 10.3 Å². The lowest BCUT2D eigenvalue weighted by molar-refractivity contribution is 0.419. The van der Waals surface area contributed by atoms with E-state index in [-0.39, 0.29) is 6.04 Å². The van der Waals surface area contributed by atoms with Crippen LogP contribution in [-0.2, 0) is 13.0 Å². The van der Waals surface area contributed by atoms with Gasteiger partial charge in [-0.1, -0.05) is 25.0 Å². The van der Waals surface area contributed by atoms with Crippen LogP contribution in [0.2, 0.25) is 0 Å². The molecule has 0 saturated heterocycles. The topological polar surface area (TPSA) is 43.8 Å². The first-order valence-corrected chi connectivity index (χ1v) is 7.49. The third kappa shape index (κ3) is 2.39. The molecule has 1 fully saturated rings. The molecule has 19 heavy (non-hydrogen) atoms. The highest BCUT2D eigenvalue weighted by molar-refractivity contribution is 5.75. The highest BCUT2D eigenvalue weighted by Crippen LogP contribution is 2.28. The summed E-state index contributed by atoms with van der Waals surface area (Å²) in [6.07, 6.45) is 6.21. The zero-order valence-electron chi connectivity index (χ0n) is 11.7. The molecule has 3 heteroatoms. The molecule has 0 amide bonds. The summed E-state index contributed by atoms with van der Waals surface area (Å²) in [5.74, 6) is 1.85. The van der Waals surface area contributed by atoms with Crippen LogP contribution in [0.3, 0.4) is 0 Å². The first kappa shape index (κ1) is 12.7. The minimum Gasteiger partial charge on any atom is -0.328 e. The summed E-state index contributed by atoms with van der Waals surface area (Å²) in [7, 11) is 0. The number of imidazole rings is 1. The van der Waals surface area contributed by atoms with Gasteiger partial charge in [-0.3, -0.25) is 0 Å². The van der Waals surface area contributed by atoms with Crippen molar-refractivity contribution >= 4 is 11.0 Å². The van der Waals surface area contributed by atoms with Crippen molar-refractivity contribution in [2.45, 2.75) is 51.6 Å². The van der Waals surface area contributed by atoms with Crippen LogP contribution < -0.4 is 5.73 Å². The van der Waals surface area contributed by atoms with Crippen molar-refractivity contribution in [2.75, 3.05) is 0 Å². The molecule has 1 aliphatic rings. The van der Waals surface area contributed by atoms with Crippen molar-refractivity contribution in [3.05, 3.63) is 30.1 Å². The van der Waals surface area contributed by atoms with Crippen molar-refractivity contribution < 1.29 is 0 Å². The molecule has 0 spiro atoms. The van der Waals surface area contributed by atoms with Crippen molar-refractivity contribution in [3.8, 4) is 0 Å². The smallest absolute Gasteiger partial charge is 0.111 e. The molecule has 3 rings (SSSR count). The molecule has 2 aromatic rings. The fourth-order valence-electron chi connectivity index (χ4n) is 3.40. The first-order chi connectivity index (χ1) is 9.29. The lowest BCUT2D eigenvalue weighted by atomic mass is 9.96. The number of nitrogens with two attached hydrogens (primary N) is 1. The Morgan fingerprint density at radius 1 is 1.32 bits per heavy atom. The van der Waals surface area contributed by atoms with Crippen molar-refractivity contribution in [2.24, 2.45) is 11.7 Å². The highest BCUT2D eigenvalue weighted by atomic mass is 15.1. The molecule has 3 nitrogen and oxygen atoms in total. The van der Waals surface area contributed by atoms with Gasteiger partial charge in [-0.2, -0.15) is 0 Å². The van der Waals surface area contributed by atoms with Crippen LogP contribution >= 0.6 is 0 Å². The van der Waals surface area contributed by atoms with Gasteiger partial charge in [-0.25, -0.2) is 4.98 Å². The average Bonchev–Trinajstić information content (AvgIpc) is 3.05. The number of benzene rings is 1. The summed E-state index contributed by atoms with van der Waals surface area (Å²) in [6, 6.07) is 8.64.